The van der Waals surface area contributed by atoms with Crippen molar-refractivity contribution in [2.75, 3.05) is 19.0 Å². The fraction of sp³-hybridized carbons (Fsp3) is 0.300. The summed E-state index contributed by atoms with van der Waals surface area (Å²) in [7, 11) is 1.49. The molecule has 5 heteroatoms. The van der Waals surface area contributed by atoms with E-state index in [9.17, 15) is 4.79 Å². The van der Waals surface area contributed by atoms with Crippen molar-refractivity contribution >= 4 is 23.2 Å². The van der Waals surface area contributed by atoms with Crippen molar-refractivity contribution in [3.63, 3.8) is 0 Å². The molecule has 1 amide bonds. The summed E-state index contributed by atoms with van der Waals surface area (Å²) in [4.78, 5) is 11.5. The van der Waals surface area contributed by atoms with Crippen molar-refractivity contribution in [1.82, 2.24) is 0 Å². The predicted molar refractivity (Wildman–Crippen MR) is 59.9 cm³/mol. The Kier molecular flexibility index (Phi) is 4.55. The van der Waals surface area contributed by atoms with Crippen LogP contribution in [0.3, 0.4) is 0 Å². The lowest BCUT2D eigenvalue weighted by atomic mass is 10.2. The molecule has 0 aliphatic heterocycles. The number of carbonyl (C=O) groups excluding carboxylic acids is 1. The average molecular weight is 229 g/mol. The number of nitrogens with two attached hydrogens (primary N) is 1. The number of hydrogen-bond acceptors (Lipinski definition) is 3. The van der Waals surface area contributed by atoms with Gasteiger partial charge in [-0.3, -0.25) is 4.79 Å². The number of benzene rings is 1. The van der Waals surface area contributed by atoms with Gasteiger partial charge in [0.2, 0.25) is 5.91 Å². The summed E-state index contributed by atoms with van der Waals surface area (Å²) >= 11 is 5.86. The molecule has 0 spiro atoms. The summed E-state index contributed by atoms with van der Waals surface area (Å²) in [6, 6.07) is 6.28. The molecule has 15 heavy (non-hydrogen) atoms. The van der Waals surface area contributed by atoms with Crippen LogP contribution in [0.5, 0.6) is 0 Å². The van der Waals surface area contributed by atoms with Gasteiger partial charge in [0, 0.05) is 7.11 Å². The SMILES string of the molecule is COCC(N)C(=O)Nc1ccccc1Cl. The van der Waals surface area contributed by atoms with Crippen LogP contribution in [0.15, 0.2) is 24.3 Å². The Labute approximate surface area is 93.4 Å². The van der Waals surface area contributed by atoms with Gasteiger partial charge in [-0.25, -0.2) is 0 Å². The van der Waals surface area contributed by atoms with E-state index in [0.29, 0.717) is 10.7 Å². The number of methoxy groups -OCH3 is 1. The molecule has 82 valence electrons. The van der Waals surface area contributed by atoms with E-state index in [2.05, 4.69) is 5.32 Å². The lowest BCUT2D eigenvalue weighted by Gasteiger charge is -2.11. The molecule has 0 bridgehead atoms. The predicted octanol–water partition coefficient (Wildman–Crippen LogP) is 1.25. The van der Waals surface area contributed by atoms with Crippen molar-refractivity contribution in [2.45, 2.75) is 6.04 Å². The third-order valence-electron chi connectivity index (χ3n) is 1.81. The second-order valence-electron chi connectivity index (χ2n) is 3.03. The van der Waals surface area contributed by atoms with E-state index in [1.807, 2.05) is 0 Å². The minimum absolute atomic E-state index is 0.177. The van der Waals surface area contributed by atoms with Crippen LogP contribution in [0, 0.1) is 0 Å². The van der Waals surface area contributed by atoms with Crippen LogP contribution in [0.4, 0.5) is 5.69 Å². The number of anilines is 1. The second kappa shape index (κ2) is 5.70. The van der Waals surface area contributed by atoms with Gasteiger partial charge < -0.3 is 15.8 Å². The van der Waals surface area contributed by atoms with Crippen molar-refractivity contribution in [1.29, 1.82) is 0 Å². The van der Waals surface area contributed by atoms with Crippen LogP contribution in [-0.2, 0) is 9.53 Å². The lowest BCUT2D eigenvalue weighted by Crippen LogP contribution is -2.39. The molecule has 3 N–H and O–H groups in total. The smallest absolute Gasteiger partial charge is 0.243 e. The molecule has 4 nitrogen and oxygen atoms in total. The molecule has 1 rings (SSSR count). The minimum atomic E-state index is -0.689. The van der Waals surface area contributed by atoms with Crippen molar-refractivity contribution < 1.29 is 9.53 Å². The Balaban J connectivity index is 2.62. The molecule has 0 fully saturated rings. The van der Waals surface area contributed by atoms with Crippen LogP contribution < -0.4 is 11.1 Å². The molecule has 0 aliphatic carbocycles. The number of carbonyl (C=O) groups is 1. The summed E-state index contributed by atoms with van der Waals surface area (Å²) in [5, 5.41) is 3.10. The highest BCUT2D eigenvalue weighted by Crippen LogP contribution is 2.20. The molecule has 1 unspecified atom stereocenters. The van der Waals surface area contributed by atoms with Crippen LogP contribution >= 0.6 is 11.6 Å². The van der Waals surface area contributed by atoms with Crippen LogP contribution in [0.25, 0.3) is 0 Å². The molecule has 0 saturated carbocycles. The lowest BCUT2D eigenvalue weighted by molar-refractivity contribution is -0.118. The first-order valence-corrected chi connectivity index (χ1v) is 4.83. The molecule has 0 saturated heterocycles. The summed E-state index contributed by atoms with van der Waals surface area (Å²) in [5.41, 5.74) is 6.10. The van der Waals surface area contributed by atoms with Crippen LogP contribution in [-0.4, -0.2) is 25.7 Å². The summed E-state index contributed by atoms with van der Waals surface area (Å²) in [6.45, 7) is 0.177. The number of amides is 1. The minimum Gasteiger partial charge on any atom is -0.383 e. The Hall–Kier alpha value is -1.10. The van der Waals surface area contributed by atoms with Gasteiger partial charge in [0.1, 0.15) is 6.04 Å². The van der Waals surface area contributed by atoms with Crippen molar-refractivity contribution in [2.24, 2.45) is 5.73 Å². The van der Waals surface area contributed by atoms with E-state index in [4.69, 9.17) is 22.1 Å². The van der Waals surface area contributed by atoms with E-state index < -0.39 is 6.04 Å². The Morgan fingerprint density at radius 1 is 1.60 bits per heavy atom. The molecule has 0 radical (unpaired) electrons. The van der Waals surface area contributed by atoms with E-state index >= 15 is 0 Å². The summed E-state index contributed by atoms with van der Waals surface area (Å²) < 4.78 is 4.77. The van der Waals surface area contributed by atoms with Gasteiger partial charge in [-0.2, -0.15) is 0 Å². The molecular formula is C10H13ClN2O2. The van der Waals surface area contributed by atoms with Crippen molar-refractivity contribution in [3.05, 3.63) is 29.3 Å². The normalized spacial score (nSPS) is 12.2. The number of hydrogen-bond donors (Lipinski definition) is 2. The number of nitrogens with one attached hydrogen (secondary N) is 1. The van der Waals surface area contributed by atoms with Gasteiger partial charge in [-0.05, 0) is 12.1 Å². The van der Waals surface area contributed by atoms with Gasteiger partial charge >= 0.3 is 0 Å². The largest absolute Gasteiger partial charge is 0.383 e. The number of halogens is 1. The van der Waals surface area contributed by atoms with E-state index in [0.717, 1.165) is 0 Å². The fourth-order valence-electron chi connectivity index (χ4n) is 1.04. The van der Waals surface area contributed by atoms with Gasteiger partial charge in [0.25, 0.3) is 0 Å². The maximum Gasteiger partial charge on any atom is 0.243 e. The molecule has 1 atom stereocenters. The highest BCUT2D eigenvalue weighted by atomic mass is 35.5. The maximum absolute atomic E-state index is 11.5. The topological polar surface area (TPSA) is 64.3 Å². The highest BCUT2D eigenvalue weighted by molar-refractivity contribution is 6.33. The van der Waals surface area contributed by atoms with Crippen molar-refractivity contribution in [3.8, 4) is 0 Å². The van der Waals surface area contributed by atoms with E-state index in [1.165, 1.54) is 7.11 Å². The molecular weight excluding hydrogens is 216 g/mol. The van der Waals surface area contributed by atoms with Gasteiger partial charge in [0.05, 0.1) is 17.3 Å². The molecule has 0 aromatic heterocycles. The first kappa shape index (κ1) is 12.0. The van der Waals surface area contributed by atoms with Crippen LogP contribution in [0.2, 0.25) is 5.02 Å². The zero-order valence-corrected chi connectivity index (χ0v) is 9.12. The quantitative estimate of drug-likeness (QED) is 0.815. The fourth-order valence-corrected chi connectivity index (χ4v) is 1.23. The first-order chi connectivity index (χ1) is 7.15. The standard InChI is InChI=1S/C10H13ClN2O2/c1-15-6-8(12)10(14)13-9-5-3-2-4-7(9)11/h2-5,8H,6,12H2,1H3,(H,13,14). The third kappa shape index (κ3) is 3.51. The van der Waals surface area contributed by atoms with Crippen LogP contribution in [0.1, 0.15) is 0 Å². The van der Waals surface area contributed by atoms with Gasteiger partial charge in [-0.15, -0.1) is 0 Å². The third-order valence-corrected chi connectivity index (χ3v) is 2.14. The second-order valence-corrected chi connectivity index (χ2v) is 3.44. The maximum atomic E-state index is 11.5. The highest BCUT2D eigenvalue weighted by Gasteiger charge is 2.13. The first-order valence-electron chi connectivity index (χ1n) is 4.45. The molecule has 0 aliphatic rings. The summed E-state index contributed by atoms with van der Waals surface area (Å²) in [5.74, 6) is -0.315. The van der Waals surface area contributed by atoms with E-state index in [-0.39, 0.29) is 12.5 Å². The van der Waals surface area contributed by atoms with Gasteiger partial charge in [-0.1, -0.05) is 23.7 Å². The zero-order chi connectivity index (χ0) is 11.3. The zero-order valence-electron chi connectivity index (χ0n) is 8.37. The number of para-hydroxylation sites is 1. The Morgan fingerprint density at radius 2 is 2.27 bits per heavy atom. The monoisotopic (exact) mass is 228 g/mol. The van der Waals surface area contributed by atoms with Gasteiger partial charge in [0.15, 0.2) is 0 Å². The molecule has 1 aromatic rings. The molecule has 1 aromatic carbocycles. The average Bonchev–Trinajstić information content (AvgIpc) is 2.21. The number of ether oxygens (including phenoxy) is 1. The molecule has 0 heterocycles. The van der Waals surface area contributed by atoms with E-state index in [1.54, 1.807) is 24.3 Å². The Morgan fingerprint density at radius 3 is 2.87 bits per heavy atom. The summed E-state index contributed by atoms with van der Waals surface area (Å²) in [6.07, 6.45) is 0. The number of rotatable bonds is 4. The Bertz CT molecular complexity index is 344.